The van der Waals surface area contributed by atoms with Gasteiger partial charge in [0, 0.05) is 76.2 Å². The first-order valence-electron chi connectivity index (χ1n) is 17.1. The average Bonchev–Trinajstić information content (AvgIpc) is 3.46. The number of piperidine rings is 2. The normalized spacial score (nSPS) is 19.2. The molecule has 3 saturated heterocycles. The summed E-state index contributed by atoms with van der Waals surface area (Å²) in [5.41, 5.74) is 10.5. The van der Waals surface area contributed by atoms with Crippen LogP contribution in [0.2, 0.25) is 5.02 Å². The molecule has 13 heteroatoms. The lowest BCUT2D eigenvalue weighted by Gasteiger charge is -2.41. The molecule has 5 N–H and O–H groups in total. The molecule has 4 aromatic rings. The lowest BCUT2D eigenvalue weighted by atomic mass is 9.98. The number of piperazine rings is 1. The van der Waals surface area contributed by atoms with E-state index in [1.807, 2.05) is 42.2 Å². The lowest BCUT2D eigenvalue weighted by Crippen LogP contribution is -2.57. The molecule has 0 spiro atoms. The van der Waals surface area contributed by atoms with Crippen LogP contribution in [0.15, 0.2) is 47.4 Å². The SMILES string of the molecule is Cc1cc(C[C@@H](NC(=O)N2CCC(n3c(=O)[nH]c4c5ccccc5ncc43)CC2)C(=O)N2CCC(N3CCNCC3)CC2)cc(Cl)c1N. The molecule has 254 valence electrons. The Morgan fingerprint density at radius 3 is 2.42 bits per heavy atom. The first kappa shape index (κ1) is 32.4. The van der Waals surface area contributed by atoms with Gasteiger partial charge in [-0.3, -0.25) is 19.2 Å². The van der Waals surface area contributed by atoms with Crippen molar-refractivity contribution in [3.05, 3.63) is 69.2 Å². The molecule has 3 fully saturated rings. The minimum absolute atomic E-state index is 0.0762. The molecule has 48 heavy (non-hydrogen) atoms. The van der Waals surface area contributed by atoms with Crippen LogP contribution in [-0.4, -0.2) is 106 Å². The Morgan fingerprint density at radius 2 is 1.69 bits per heavy atom. The number of aryl methyl sites for hydroxylation is 1. The first-order chi connectivity index (χ1) is 23.3. The number of benzene rings is 2. The number of H-pyrrole nitrogens is 1. The number of fused-ring (bicyclic) bond motifs is 3. The largest absolute Gasteiger partial charge is 0.397 e. The number of carbonyl (C=O) groups excluding carboxylic acids is 2. The lowest BCUT2D eigenvalue weighted by molar-refractivity contribution is -0.134. The van der Waals surface area contributed by atoms with Crippen molar-refractivity contribution < 1.29 is 9.59 Å². The van der Waals surface area contributed by atoms with E-state index < -0.39 is 6.04 Å². The van der Waals surface area contributed by atoms with E-state index in [0.29, 0.717) is 62.2 Å². The highest BCUT2D eigenvalue weighted by molar-refractivity contribution is 6.33. The number of para-hydroxylation sites is 1. The molecule has 3 aliphatic heterocycles. The van der Waals surface area contributed by atoms with Crippen LogP contribution in [0.5, 0.6) is 0 Å². The quantitative estimate of drug-likeness (QED) is 0.230. The van der Waals surface area contributed by atoms with Crippen LogP contribution in [0.1, 0.15) is 42.9 Å². The molecule has 0 saturated carbocycles. The minimum Gasteiger partial charge on any atom is -0.397 e. The molecule has 2 aromatic heterocycles. The number of likely N-dealkylation sites (tertiary alicyclic amines) is 2. The number of halogens is 1. The highest BCUT2D eigenvalue weighted by atomic mass is 35.5. The van der Waals surface area contributed by atoms with Crippen LogP contribution in [0.25, 0.3) is 21.9 Å². The summed E-state index contributed by atoms with van der Waals surface area (Å²) >= 11 is 6.42. The molecule has 2 aromatic carbocycles. The third-order valence-corrected chi connectivity index (χ3v) is 10.8. The molecular weight excluding hydrogens is 630 g/mol. The van der Waals surface area contributed by atoms with Crippen molar-refractivity contribution in [2.45, 2.75) is 57.2 Å². The molecule has 3 amide bonds. The number of nitrogens with two attached hydrogens (primary N) is 1. The number of rotatable bonds is 6. The van der Waals surface area contributed by atoms with Crippen LogP contribution in [0, 0.1) is 6.92 Å². The van der Waals surface area contributed by atoms with Crippen LogP contribution in [0.3, 0.4) is 0 Å². The second kappa shape index (κ2) is 13.8. The third kappa shape index (κ3) is 6.48. The smallest absolute Gasteiger partial charge is 0.326 e. The van der Waals surface area contributed by atoms with Gasteiger partial charge < -0.3 is 31.2 Å². The summed E-state index contributed by atoms with van der Waals surface area (Å²) in [4.78, 5) is 54.8. The molecule has 3 aliphatic rings. The Morgan fingerprint density at radius 1 is 1.00 bits per heavy atom. The predicted molar refractivity (Wildman–Crippen MR) is 188 cm³/mol. The fourth-order valence-electron chi connectivity index (χ4n) is 7.75. The van der Waals surface area contributed by atoms with Crippen LogP contribution in [0.4, 0.5) is 10.5 Å². The van der Waals surface area contributed by atoms with E-state index >= 15 is 0 Å². The number of imidazole rings is 1. The first-order valence-corrected chi connectivity index (χ1v) is 17.5. The van der Waals surface area contributed by atoms with Gasteiger partial charge in [0.1, 0.15) is 6.04 Å². The Hall–Kier alpha value is -4.13. The second-order valence-corrected chi connectivity index (χ2v) is 13.8. The van der Waals surface area contributed by atoms with E-state index in [-0.39, 0.29) is 23.7 Å². The number of aromatic amines is 1. The maximum Gasteiger partial charge on any atom is 0.326 e. The van der Waals surface area contributed by atoms with Gasteiger partial charge in [0.15, 0.2) is 0 Å². The predicted octanol–water partition coefficient (Wildman–Crippen LogP) is 3.28. The molecule has 5 heterocycles. The summed E-state index contributed by atoms with van der Waals surface area (Å²) in [7, 11) is 0. The highest BCUT2D eigenvalue weighted by Crippen LogP contribution is 2.29. The minimum atomic E-state index is -0.749. The van der Waals surface area contributed by atoms with Gasteiger partial charge in [0.2, 0.25) is 5.91 Å². The molecule has 0 aliphatic carbocycles. The number of nitrogens with one attached hydrogen (secondary N) is 3. The van der Waals surface area contributed by atoms with Gasteiger partial charge in [-0.2, -0.15) is 0 Å². The average molecular weight is 674 g/mol. The van der Waals surface area contributed by atoms with Gasteiger partial charge in [-0.05, 0) is 55.9 Å². The van der Waals surface area contributed by atoms with Crippen LogP contribution in [-0.2, 0) is 11.2 Å². The number of carbonyl (C=O) groups is 2. The fourth-order valence-corrected chi connectivity index (χ4v) is 8.04. The number of nitrogens with zero attached hydrogens (tertiary/aromatic N) is 5. The van der Waals surface area contributed by atoms with Crippen molar-refractivity contribution in [2.24, 2.45) is 0 Å². The molecule has 12 nitrogen and oxygen atoms in total. The summed E-state index contributed by atoms with van der Waals surface area (Å²) in [6.45, 7) is 8.21. The second-order valence-electron chi connectivity index (χ2n) is 13.4. The zero-order chi connectivity index (χ0) is 33.4. The molecule has 0 unspecified atom stereocenters. The van der Waals surface area contributed by atoms with Crippen molar-refractivity contribution >= 4 is 51.2 Å². The van der Waals surface area contributed by atoms with E-state index in [0.717, 1.165) is 72.1 Å². The van der Waals surface area contributed by atoms with Gasteiger partial charge >= 0.3 is 11.7 Å². The van der Waals surface area contributed by atoms with Crippen molar-refractivity contribution in [1.29, 1.82) is 0 Å². The number of aromatic nitrogens is 3. The molecule has 0 radical (unpaired) electrons. The van der Waals surface area contributed by atoms with E-state index in [1.54, 1.807) is 21.7 Å². The Balaban J connectivity index is 1.04. The number of hydrogen-bond acceptors (Lipinski definition) is 7. The van der Waals surface area contributed by atoms with Gasteiger partial charge in [-0.25, -0.2) is 9.59 Å². The van der Waals surface area contributed by atoms with Crippen LogP contribution < -0.4 is 22.1 Å². The summed E-state index contributed by atoms with van der Waals surface area (Å²) < 4.78 is 1.79. The van der Waals surface area contributed by atoms with Gasteiger partial charge in [0.25, 0.3) is 0 Å². The standard InChI is InChI=1S/C35H44ClN9O3/c1-22-18-23(19-27(36)31(22)37)20-29(33(46)43-12-6-24(7-13-43)42-16-10-38-11-17-42)40-34(47)44-14-8-25(9-15-44)45-30-21-39-28-5-3-2-4-26(28)32(30)41-35(45)48/h2-5,18-19,21,24-25,29,38H,6-17,20,37H2,1H3,(H,40,47)(H,41,48)/t29-/m1/s1. The zero-order valence-corrected chi connectivity index (χ0v) is 28.1. The maximum atomic E-state index is 14.1. The number of nitrogen functional groups attached to an aromatic ring is 1. The number of hydrogen-bond donors (Lipinski definition) is 4. The number of amides is 3. The monoisotopic (exact) mass is 673 g/mol. The summed E-state index contributed by atoms with van der Waals surface area (Å²) in [5, 5.41) is 7.85. The van der Waals surface area contributed by atoms with E-state index in [4.69, 9.17) is 17.3 Å². The third-order valence-electron chi connectivity index (χ3n) is 10.5. The zero-order valence-electron chi connectivity index (χ0n) is 27.4. The summed E-state index contributed by atoms with van der Waals surface area (Å²) in [6, 6.07) is 10.9. The van der Waals surface area contributed by atoms with Crippen molar-refractivity contribution in [3.8, 4) is 0 Å². The summed E-state index contributed by atoms with van der Waals surface area (Å²) in [5.74, 6) is -0.0762. The number of anilines is 1. The Bertz CT molecular complexity index is 1850. The molecule has 0 bridgehead atoms. The Kier molecular flexibility index (Phi) is 9.30. The van der Waals surface area contributed by atoms with Crippen molar-refractivity contribution in [3.63, 3.8) is 0 Å². The van der Waals surface area contributed by atoms with Gasteiger partial charge in [-0.15, -0.1) is 0 Å². The van der Waals surface area contributed by atoms with Crippen molar-refractivity contribution in [2.75, 3.05) is 58.1 Å². The fraction of sp³-hybridized carbons (Fsp3) is 0.486. The maximum absolute atomic E-state index is 14.1. The number of pyridine rings is 1. The summed E-state index contributed by atoms with van der Waals surface area (Å²) in [6.07, 6.45) is 5.13. The van der Waals surface area contributed by atoms with E-state index in [1.165, 1.54) is 0 Å². The molecular formula is C35H44ClN9O3. The molecule has 7 rings (SSSR count). The van der Waals surface area contributed by atoms with E-state index in [2.05, 4.69) is 25.5 Å². The highest BCUT2D eigenvalue weighted by Gasteiger charge is 2.34. The Labute approximate surface area is 284 Å². The van der Waals surface area contributed by atoms with Crippen LogP contribution >= 0.6 is 11.6 Å². The molecule has 1 atom stereocenters. The van der Waals surface area contributed by atoms with Gasteiger partial charge in [-0.1, -0.05) is 35.9 Å². The topological polar surface area (TPSA) is 145 Å². The van der Waals surface area contributed by atoms with Crippen molar-refractivity contribution in [1.82, 2.24) is 39.9 Å². The van der Waals surface area contributed by atoms with Gasteiger partial charge in [0.05, 0.1) is 33.5 Å². The number of urea groups is 1. The van der Waals surface area contributed by atoms with E-state index in [9.17, 15) is 14.4 Å².